The summed E-state index contributed by atoms with van der Waals surface area (Å²) in [5, 5.41) is 0.749. The van der Waals surface area contributed by atoms with Crippen LogP contribution in [-0.4, -0.2) is 9.97 Å². The molecule has 3 aromatic rings. The summed E-state index contributed by atoms with van der Waals surface area (Å²) < 4.78 is 4.09. The molecule has 0 saturated carbocycles. The van der Waals surface area contributed by atoms with Crippen molar-refractivity contribution in [1.29, 1.82) is 0 Å². The Hall–Kier alpha value is -1.55. The third-order valence-corrected chi connectivity index (χ3v) is 3.29. The normalized spacial score (nSPS) is 11.6. The zero-order valence-electron chi connectivity index (χ0n) is 10.6. The first-order chi connectivity index (χ1) is 10.0. The van der Waals surface area contributed by atoms with Crippen LogP contribution in [0.1, 0.15) is 5.82 Å². The Kier molecular flexibility index (Phi) is 3.89. The fraction of sp³-hybridized carbons (Fsp3) is 0.0667. The van der Waals surface area contributed by atoms with Gasteiger partial charge in [-0.2, -0.15) is 4.98 Å². The van der Waals surface area contributed by atoms with Gasteiger partial charge >= 0.3 is 0 Å². The predicted molar refractivity (Wildman–Crippen MR) is 85.3 cm³/mol. The number of alkyl halides is 3. The lowest BCUT2D eigenvalue weighted by Crippen LogP contribution is -2.08. The van der Waals surface area contributed by atoms with Crippen LogP contribution >= 0.6 is 34.8 Å². The van der Waals surface area contributed by atoms with Crippen LogP contribution in [0.4, 0.5) is 0 Å². The van der Waals surface area contributed by atoms with Crippen LogP contribution in [0, 0.1) is 0 Å². The van der Waals surface area contributed by atoms with E-state index in [0.717, 1.165) is 5.39 Å². The largest absolute Gasteiger partial charge is 0.438 e. The van der Waals surface area contributed by atoms with E-state index >= 15 is 0 Å². The highest BCUT2D eigenvalue weighted by molar-refractivity contribution is 6.66. The van der Waals surface area contributed by atoms with Crippen LogP contribution in [-0.2, 0) is 3.79 Å². The number of halogens is 3. The summed E-state index contributed by atoms with van der Waals surface area (Å²) in [5.41, 5.74) is 0.653. The van der Waals surface area contributed by atoms with Gasteiger partial charge in [0.15, 0.2) is 5.82 Å². The summed E-state index contributed by atoms with van der Waals surface area (Å²) in [6.07, 6.45) is 0. The molecule has 0 unspecified atom stereocenters. The quantitative estimate of drug-likeness (QED) is 0.598. The molecule has 2 aromatic carbocycles. The predicted octanol–water partition coefficient (Wildman–Crippen LogP) is 5.25. The second-order valence-corrected chi connectivity index (χ2v) is 6.56. The third-order valence-electron chi connectivity index (χ3n) is 2.78. The average molecular weight is 340 g/mol. The van der Waals surface area contributed by atoms with Gasteiger partial charge in [0, 0.05) is 0 Å². The van der Waals surface area contributed by atoms with Crippen molar-refractivity contribution < 1.29 is 4.74 Å². The van der Waals surface area contributed by atoms with Crippen LogP contribution in [0.2, 0.25) is 0 Å². The number of benzene rings is 2. The maximum atomic E-state index is 5.88. The zero-order chi connectivity index (χ0) is 14.9. The van der Waals surface area contributed by atoms with Crippen molar-refractivity contribution in [2.45, 2.75) is 3.79 Å². The minimum Gasteiger partial charge on any atom is -0.438 e. The number of aromatic nitrogens is 2. The van der Waals surface area contributed by atoms with Crippen molar-refractivity contribution >= 4 is 45.7 Å². The molecule has 3 nitrogen and oxygen atoms in total. The van der Waals surface area contributed by atoms with E-state index in [1.807, 2.05) is 54.6 Å². The van der Waals surface area contributed by atoms with Gasteiger partial charge < -0.3 is 4.74 Å². The van der Waals surface area contributed by atoms with E-state index in [2.05, 4.69) is 9.97 Å². The van der Waals surface area contributed by atoms with Gasteiger partial charge in [-0.05, 0) is 24.3 Å². The minimum absolute atomic E-state index is 0.0807. The highest BCUT2D eigenvalue weighted by Gasteiger charge is 2.28. The van der Waals surface area contributed by atoms with Crippen LogP contribution in [0.15, 0.2) is 54.6 Å². The molecule has 0 saturated heterocycles. The smallest absolute Gasteiger partial charge is 0.250 e. The van der Waals surface area contributed by atoms with E-state index in [1.54, 1.807) is 0 Å². The van der Waals surface area contributed by atoms with Crippen molar-refractivity contribution in [2.75, 3.05) is 0 Å². The second-order valence-electron chi connectivity index (χ2n) is 4.28. The Balaban J connectivity index is 2.15. The lowest BCUT2D eigenvalue weighted by Gasteiger charge is -2.13. The number of hydrogen-bond acceptors (Lipinski definition) is 3. The Morgan fingerprint density at radius 2 is 1.48 bits per heavy atom. The number of hydrogen-bond donors (Lipinski definition) is 0. The van der Waals surface area contributed by atoms with Gasteiger partial charge in [-0.3, -0.25) is 0 Å². The second kappa shape index (κ2) is 5.68. The standard InChI is InChI=1S/C15H9Cl3N2O/c16-15(17,18)14-19-12-9-5-4-8-11(12)13(20-14)21-10-6-2-1-3-7-10/h1-9H. The molecule has 0 fully saturated rings. The fourth-order valence-corrected chi connectivity index (χ4v) is 2.11. The average Bonchev–Trinajstić information content (AvgIpc) is 2.47. The number of fused-ring (bicyclic) bond motifs is 1. The maximum Gasteiger partial charge on any atom is 0.250 e. The molecule has 0 aliphatic heterocycles. The third kappa shape index (κ3) is 3.21. The van der Waals surface area contributed by atoms with Gasteiger partial charge in [0.1, 0.15) is 5.75 Å². The van der Waals surface area contributed by atoms with Gasteiger partial charge in [-0.15, -0.1) is 0 Å². The van der Waals surface area contributed by atoms with Crippen LogP contribution in [0.25, 0.3) is 10.9 Å². The number of rotatable bonds is 2. The Labute approximate surface area is 136 Å². The van der Waals surface area contributed by atoms with Crippen molar-refractivity contribution in [3.05, 3.63) is 60.4 Å². The molecule has 0 amide bonds. The first-order valence-electron chi connectivity index (χ1n) is 6.11. The van der Waals surface area contributed by atoms with E-state index < -0.39 is 3.79 Å². The monoisotopic (exact) mass is 338 g/mol. The molecule has 0 aliphatic carbocycles. The summed E-state index contributed by atoms with van der Waals surface area (Å²) in [6, 6.07) is 16.7. The van der Waals surface area contributed by atoms with Crippen molar-refractivity contribution in [2.24, 2.45) is 0 Å². The van der Waals surface area contributed by atoms with E-state index in [-0.39, 0.29) is 5.82 Å². The Bertz CT molecular complexity index is 773. The fourth-order valence-electron chi connectivity index (χ4n) is 1.85. The zero-order valence-corrected chi connectivity index (χ0v) is 12.9. The molecule has 6 heteroatoms. The van der Waals surface area contributed by atoms with Gasteiger partial charge in [0.05, 0.1) is 10.9 Å². The van der Waals surface area contributed by atoms with Crippen LogP contribution in [0.5, 0.6) is 11.6 Å². The van der Waals surface area contributed by atoms with Crippen molar-refractivity contribution in [3.8, 4) is 11.6 Å². The molecule has 3 rings (SSSR count). The maximum absolute atomic E-state index is 5.88. The first kappa shape index (κ1) is 14.4. The van der Waals surface area contributed by atoms with E-state index in [1.165, 1.54) is 0 Å². The topological polar surface area (TPSA) is 35.0 Å². The summed E-state index contributed by atoms with van der Waals surface area (Å²) in [4.78, 5) is 8.50. The molecule has 1 heterocycles. The van der Waals surface area contributed by atoms with E-state index in [4.69, 9.17) is 39.5 Å². The SMILES string of the molecule is ClC(Cl)(Cl)c1nc(Oc2ccccc2)c2ccccc2n1. The Morgan fingerprint density at radius 3 is 2.19 bits per heavy atom. The molecule has 1 aromatic heterocycles. The first-order valence-corrected chi connectivity index (χ1v) is 7.24. The molecule has 0 atom stereocenters. The summed E-state index contributed by atoms with van der Waals surface area (Å²) in [6.45, 7) is 0. The number of nitrogens with zero attached hydrogens (tertiary/aromatic N) is 2. The lowest BCUT2D eigenvalue weighted by molar-refractivity contribution is 0.466. The highest BCUT2D eigenvalue weighted by Crippen LogP contribution is 2.38. The van der Waals surface area contributed by atoms with Crippen LogP contribution < -0.4 is 4.74 Å². The van der Waals surface area contributed by atoms with Crippen LogP contribution in [0.3, 0.4) is 0 Å². The minimum atomic E-state index is -1.71. The van der Waals surface area contributed by atoms with E-state index in [9.17, 15) is 0 Å². The molecule has 0 spiro atoms. The molecule has 0 N–H and O–H groups in total. The lowest BCUT2D eigenvalue weighted by atomic mass is 10.2. The van der Waals surface area contributed by atoms with Crippen molar-refractivity contribution in [3.63, 3.8) is 0 Å². The molecule has 21 heavy (non-hydrogen) atoms. The Morgan fingerprint density at radius 1 is 0.810 bits per heavy atom. The van der Waals surface area contributed by atoms with Crippen molar-refractivity contribution in [1.82, 2.24) is 9.97 Å². The van der Waals surface area contributed by atoms with Gasteiger partial charge in [0.2, 0.25) is 9.67 Å². The summed E-state index contributed by atoms with van der Waals surface area (Å²) >= 11 is 17.7. The molecular formula is C15H9Cl3N2O. The molecule has 0 bridgehead atoms. The van der Waals surface area contributed by atoms with Gasteiger partial charge in [-0.25, -0.2) is 4.98 Å². The van der Waals surface area contributed by atoms with Gasteiger partial charge in [-0.1, -0.05) is 65.1 Å². The highest BCUT2D eigenvalue weighted by atomic mass is 35.6. The molecule has 106 valence electrons. The summed E-state index contributed by atoms with van der Waals surface area (Å²) in [5.74, 6) is 1.09. The number of ether oxygens (including phenoxy) is 1. The van der Waals surface area contributed by atoms with E-state index in [0.29, 0.717) is 17.1 Å². The summed E-state index contributed by atoms with van der Waals surface area (Å²) in [7, 11) is 0. The molecular weight excluding hydrogens is 331 g/mol. The van der Waals surface area contributed by atoms with Gasteiger partial charge in [0.25, 0.3) is 0 Å². The molecule has 0 aliphatic rings. The number of para-hydroxylation sites is 2. The molecule has 0 radical (unpaired) electrons.